The number of amides is 1. The minimum atomic E-state index is -0.0457. The molecule has 0 aliphatic carbocycles. The summed E-state index contributed by atoms with van der Waals surface area (Å²) in [6.07, 6.45) is 4.70. The van der Waals surface area contributed by atoms with Gasteiger partial charge in [0.25, 0.3) is 0 Å². The second-order valence-corrected chi connectivity index (χ2v) is 7.74. The fourth-order valence-electron chi connectivity index (χ4n) is 4.39. The second kappa shape index (κ2) is 7.53. The van der Waals surface area contributed by atoms with Gasteiger partial charge < -0.3 is 15.5 Å². The van der Waals surface area contributed by atoms with Crippen LogP contribution < -0.4 is 15.5 Å². The molecule has 0 saturated carbocycles. The Labute approximate surface area is 159 Å². The summed E-state index contributed by atoms with van der Waals surface area (Å²) in [5, 5.41) is 16.9. The first-order valence-electron chi connectivity index (χ1n) is 9.72. The number of nitriles is 1. The summed E-state index contributed by atoms with van der Waals surface area (Å²) < 4.78 is 0. The number of fused-ring (bicyclic) bond motifs is 1. The Kier molecular flexibility index (Phi) is 4.95. The number of nitrogens with one attached hydrogen (secondary N) is 2. The van der Waals surface area contributed by atoms with Gasteiger partial charge in [-0.3, -0.25) is 9.78 Å². The summed E-state index contributed by atoms with van der Waals surface area (Å²) >= 11 is 0. The van der Waals surface area contributed by atoms with Crippen molar-refractivity contribution in [3.05, 3.63) is 36.0 Å². The molecule has 6 heteroatoms. The molecule has 3 heterocycles. The van der Waals surface area contributed by atoms with Crippen LogP contribution in [0.25, 0.3) is 10.9 Å². The van der Waals surface area contributed by atoms with Crippen LogP contribution in [0.2, 0.25) is 0 Å². The summed E-state index contributed by atoms with van der Waals surface area (Å²) in [4.78, 5) is 19.3. The van der Waals surface area contributed by atoms with Gasteiger partial charge >= 0.3 is 0 Å². The smallest absolute Gasteiger partial charge is 0.237 e. The third-order valence-electron chi connectivity index (χ3n) is 5.59. The molecule has 140 valence electrons. The number of carbonyl (C=O) groups excluding carboxylic acids is 1. The molecule has 0 radical (unpaired) electrons. The lowest BCUT2D eigenvalue weighted by molar-refractivity contribution is -0.123. The van der Waals surface area contributed by atoms with Crippen LogP contribution >= 0.6 is 0 Å². The molecular formula is C21H25N5O. The number of piperidine rings is 1. The lowest BCUT2D eigenvalue weighted by atomic mass is 9.94. The average molecular weight is 363 g/mol. The molecule has 1 aromatic heterocycles. The van der Waals surface area contributed by atoms with E-state index in [1.165, 1.54) is 0 Å². The van der Waals surface area contributed by atoms with Gasteiger partial charge in [0, 0.05) is 36.4 Å². The average Bonchev–Trinajstić information content (AvgIpc) is 3.21. The van der Waals surface area contributed by atoms with Gasteiger partial charge in [-0.2, -0.15) is 5.26 Å². The van der Waals surface area contributed by atoms with Crippen molar-refractivity contribution in [3.63, 3.8) is 0 Å². The molecule has 6 nitrogen and oxygen atoms in total. The summed E-state index contributed by atoms with van der Waals surface area (Å²) in [5.41, 5.74) is 2.42. The van der Waals surface area contributed by atoms with E-state index in [2.05, 4.69) is 33.5 Å². The van der Waals surface area contributed by atoms with Crippen LogP contribution in [0.1, 0.15) is 31.7 Å². The lowest BCUT2D eigenvalue weighted by Crippen LogP contribution is -2.53. The number of anilines is 1. The van der Waals surface area contributed by atoms with Crippen molar-refractivity contribution in [2.75, 3.05) is 24.5 Å². The molecule has 2 fully saturated rings. The molecule has 27 heavy (non-hydrogen) atoms. The molecule has 2 N–H and O–H groups in total. The minimum Gasteiger partial charge on any atom is -0.369 e. The van der Waals surface area contributed by atoms with Crippen molar-refractivity contribution in [3.8, 4) is 6.07 Å². The monoisotopic (exact) mass is 363 g/mol. The predicted molar refractivity (Wildman–Crippen MR) is 105 cm³/mol. The van der Waals surface area contributed by atoms with Crippen LogP contribution in [-0.4, -0.2) is 42.6 Å². The highest BCUT2D eigenvalue weighted by atomic mass is 16.2. The molecule has 1 aromatic carbocycles. The zero-order valence-corrected chi connectivity index (χ0v) is 15.6. The van der Waals surface area contributed by atoms with Crippen LogP contribution in [0, 0.1) is 17.2 Å². The molecule has 0 unspecified atom stereocenters. The number of benzene rings is 1. The van der Waals surface area contributed by atoms with E-state index in [9.17, 15) is 10.1 Å². The zero-order chi connectivity index (χ0) is 18.8. The number of aromatic nitrogens is 1. The van der Waals surface area contributed by atoms with E-state index in [-0.39, 0.29) is 18.0 Å². The van der Waals surface area contributed by atoms with Crippen molar-refractivity contribution in [1.82, 2.24) is 15.6 Å². The number of hydrogen-bond donors (Lipinski definition) is 2. The highest BCUT2D eigenvalue weighted by Gasteiger charge is 2.30. The third-order valence-corrected chi connectivity index (χ3v) is 5.59. The first-order chi connectivity index (χ1) is 13.2. The Hall–Kier alpha value is -2.65. The minimum absolute atomic E-state index is 0.0457. The topological polar surface area (TPSA) is 81.0 Å². The lowest BCUT2D eigenvalue weighted by Gasteiger charge is -2.39. The number of nitrogens with zero attached hydrogens (tertiary/aromatic N) is 3. The quantitative estimate of drug-likeness (QED) is 0.874. The molecule has 2 aliphatic rings. The molecule has 3 atom stereocenters. The van der Waals surface area contributed by atoms with Gasteiger partial charge in [-0.25, -0.2) is 0 Å². The summed E-state index contributed by atoms with van der Waals surface area (Å²) in [6.45, 7) is 4.86. The van der Waals surface area contributed by atoms with Gasteiger partial charge in [-0.05, 0) is 56.0 Å². The Balaban J connectivity index is 1.57. The molecule has 0 bridgehead atoms. The Morgan fingerprint density at radius 3 is 3.04 bits per heavy atom. The number of pyridine rings is 1. The van der Waals surface area contributed by atoms with E-state index in [4.69, 9.17) is 0 Å². The zero-order valence-electron chi connectivity index (χ0n) is 15.6. The van der Waals surface area contributed by atoms with Gasteiger partial charge in [-0.1, -0.05) is 6.92 Å². The van der Waals surface area contributed by atoms with Crippen molar-refractivity contribution >= 4 is 22.5 Å². The Morgan fingerprint density at radius 2 is 2.26 bits per heavy atom. The first kappa shape index (κ1) is 17.7. The largest absolute Gasteiger partial charge is 0.369 e. The van der Waals surface area contributed by atoms with E-state index in [0.717, 1.165) is 55.5 Å². The van der Waals surface area contributed by atoms with Crippen molar-refractivity contribution in [2.45, 2.75) is 38.3 Å². The van der Waals surface area contributed by atoms with Gasteiger partial charge in [0.1, 0.15) is 6.07 Å². The molecule has 2 aromatic rings. The van der Waals surface area contributed by atoms with Gasteiger partial charge in [0.05, 0.1) is 17.1 Å². The van der Waals surface area contributed by atoms with Crippen LogP contribution in [-0.2, 0) is 4.79 Å². The van der Waals surface area contributed by atoms with Gasteiger partial charge in [-0.15, -0.1) is 0 Å². The van der Waals surface area contributed by atoms with Gasteiger partial charge in [0.15, 0.2) is 0 Å². The van der Waals surface area contributed by atoms with Crippen molar-refractivity contribution < 1.29 is 4.79 Å². The number of hydrogen-bond acceptors (Lipinski definition) is 5. The molecule has 4 rings (SSSR count). The maximum absolute atomic E-state index is 12.5. The fourth-order valence-corrected chi connectivity index (χ4v) is 4.39. The number of carbonyl (C=O) groups is 1. The van der Waals surface area contributed by atoms with Crippen LogP contribution in [0.15, 0.2) is 30.5 Å². The highest BCUT2D eigenvalue weighted by Crippen LogP contribution is 2.31. The SMILES string of the molecule is C[C@H]1C[C@@H](NC(=O)[C@H]2CCCN2)CN(c2ccc(C#N)c3ncccc23)C1. The number of rotatable bonds is 3. The standard InChI is InChI=1S/C21H25N5O/c1-14-10-16(25-21(27)18-5-3-8-23-18)13-26(12-14)19-7-6-15(11-22)20-17(19)4-2-9-24-20/h2,4,6-7,9,14,16,18,23H,3,5,8,10,12-13H2,1H3,(H,25,27)/t14-,16+,18+/m0/s1. The Morgan fingerprint density at radius 1 is 1.37 bits per heavy atom. The van der Waals surface area contributed by atoms with E-state index in [0.29, 0.717) is 11.5 Å². The normalized spacial score (nSPS) is 25.3. The predicted octanol–water partition coefficient (Wildman–Crippen LogP) is 2.19. The third kappa shape index (κ3) is 3.60. The maximum Gasteiger partial charge on any atom is 0.237 e. The summed E-state index contributed by atoms with van der Waals surface area (Å²) in [7, 11) is 0. The van der Waals surface area contributed by atoms with E-state index in [1.54, 1.807) is 6.20 Å². The highest BCUT2D eigenvalue weighted by molar-refractivity contribution is 5.95. The summed E-state index contributed by atoms with van der Waals surface area (Å²) in [5.74, 6) is 0.598. The van der Waals surface area contributed by atoms with Crippen LogP contribution in [0.5, 0.6) is 0 Å². The fraction of sp³-hybridized carbons (Fsp3) is 0.476. The van der Waals surface area contributed by atoms with E-state index >= 15 is 0 Å². The molecular weight excluding hydrogens is 338 g/mol. The Bertz CT molecular complexity index is 884. The van der Waals surface area contributed by atoms with Crippen LogP contribution in [0.4, 0.5) is 5.69 Å². The van der Waals surface area contributed by atoms with E-state index < -0.39 is 0 Å². The first-order valence-corrected chi connectivity index (χ1v) is 9.72. The maximum atomic E-state index is 12.5. The van der Waals surface area contributed by atoms with E-state index in [1.807, 2.05) is 24.3 Å². The van der Waals surface area contributed by atoms with Crippen molar-refractivity contribution in [1.29, 1.82) is 5.26 Å². The summed E-state index contributed by atoms with van der Waals surface area (Å²) in [6, 6.07) is 10.1. The molecule has 0 spiro atoms. The van der Waals surface area contributed by atoms with Gasteiger partial charge in [0.2, 0.25) is 5.91 Å². The molecule has 2 aliphatic heterocycles. The van der Waals surface area contributed by atoms with Crippen LogP contribution in [0.3, 0.4) is 0 Å². The van der Waals surface area contributed by atoms with Crippen molar-refractivity contribution in [2.24, 2.45) is 5.92 Å². The molecule has 1 amide bonds. The second-order valence-electron chi connectivity index (χ2n) is 7.74. The molecule has 2 saturated heterocycles.